The molecule has 292 valence electrons. The average Bonchev–Trinajstić information content (AvgIpc) is 3.89. The van der Waals surface area contributed by atoms with Crippen LogP contribution in [0.1, 0.15) is 141 Å². The standard InChI is InChI=1S/C10H8Br2S2.C10H8S2.6C4H9.2Sn/c1-5-3-7(11)13-9(5)10-6(2)4-8(12)14-10;1-7-3-5-11-9(7)10-8(2)4-6-12-10;6*1-3-4-2;;/h3-4H,1-2H3;3-4H,1-2H3;6*1,3-4H2,2H3;;. The van der Waals surface area contributed by atoms with Gasteiger partial charge in [0.1, 0.15) is 0 Å². The van der Waals surface area contributed by atoms with E-state index >= 15 is 0 Å². The molecule has 4 aromatic heterocycles. The maximum atomic E-state index is 3.52. The molecule has 52 heavy (non-hydrogen) atoms. The number of hydrogen-bond acceptors (Lipinski definition) is 4. The molecule has 0 aliphatic carbocycles. The minimum atomic E-state index is -2.38. The van der Waals surface area contributed by atoms with Gasteiger partial charge < -0.3 is 0 Å². The van der Waals surface area contributed by atoms with Crippen molar-refractivity contribution in [2.24, 2.45) is 0 Å². The maximum Gasteiger partial charge on any atom is 0.0708 e. The van der Waals surface area contributed by atoms with Gasteiger partial charge in [0, 0.05) is 9.75 Å². The van der Waals surface area contributed by atoms with Crippen LogP contribution in [0.4, 0.5) is 0 Å². The van der Waals surface area contributed by atoms with E-state index in [2.05, 4.69) is 148 Å². The Kier molecular flexibility index (Phi) is 22.3. The van der Waals surface area contributed by atoms with Crippen molar-refractivity contribution in [3.8, 4) is 19.5 Å². The van der Waals surface area contributed by atoms with Crippen LogP contribution >= 0.6 is 77.2 Å². The zero-order valence-corrected chi connectivity index (χ0v) is 46.6. The summed E-state index contributed by atoms with van der Waals surface area (Å²) in [5, 5.41) is 0. The third kappa shape index (κ3) is 13.2. The van der Waals surface area contributed by atoms with Crippen molar-refractivity contribution >= 4 is 120 Å². The maximum absolute atomic E-state index is 3.52. The fourth-order valence-corrected chi connectivity index (χ4v) is 52.8. The smallest absolute Gasteiger partial charge is 0.0708 e. The molecule has 4 rings (SSSR count). The molecule has 4 heterocycles. The Bertz CT molecular complexity index is 1450. The molecule has 0 amide bonds. The first-order chi connectivity index (χ1) is 24.9. The van der Waals surface area contributed by atoms with Gasteiger partial charge >= 0.3 is 257 Å². The Morgan fingerprint density at radius 2 is 0.615 bits per heavy atom. The molecule has 0 aliphatic rings. The molecule has 4 aromatic rings. The van der Waals surface area contributed by atoms with E-state index in [9.17, 15) is 0 Å². The van der Waals surface area contributed by atoms with Crippen molar-refractivity contribution in [3.05, 3.63) is 54.1 Å². The van der Waals surface area contributed by atoms with Crippen LogP contribution in [0, 0.1) is 27.7 Å². The van der Waals surface area contributed by atoms with E-state index in [1.54, 1.807) is 70.2 Å². The Labute approximate surface area is 361 Å². The van der Waals surface area contributed by atoms with Crippen LogP contribution < -0.4 is 5.79 Å². The summed E-state index contributed by atoms with van der Waals surface area (Å²) in [5.74, 6) is 0. The molecule has 0 saturated heterocycles. The molecule has 0 spiro atoms. The van der Waals surface area contributed by atoms with Crippen molar-refractivity contribution in [2.75, 3.05) is 0 Å². The zero-order valence-electron chi connectivity index (χ0n) is 34.4. The minimum Gasteiger partial charge on any atom is -0.127 e. The van der Waals surface area contributed by atoms with E-state index in [-0.39, 0.29) is 0 Å². The van der Waals surface area contributed by atoms with E-state index in [1.807, 2.05) is 5.79 Å². The molecule has 0 unspecified atom stereocenters. The molecule has 0 bridgehead atoms. The van der Waals surface area contributed by atoms with E-state index in [0.717, 1.165) is 0 Å². The number of rotatable bonds is 22. The van der Waals surface area contributed by atoms with Crippen LogP contribution in [-0.2, 0) is 0 Å². The molecular formula is C44H70Br2S4Sn2. The molecule has 0 N–H and O–H groups in total. The molecule has 0 fully saturated rings. The number of hydrogen-bond donors (Lipinski definition) is 0. The quantitative estimate of drug-likeness (QED) is 0.0688. The van der Waals surface area contributed by atoms with E-state index < -0.39 is 36.8 Å². The summed E-state index contributed by atoms with van der Waals surface area (Å²) in [6.45, 7) is 23.7. The fourth-order valence-electron chi connectivity index (χ4n) is 7.86. The molecule has 0 radical (unpaired) electrons. The Balaban J connectivity index is 0.000000429. The molecular weight excluding hydrogens is 1050 g/mol. The van der Waals surface area contributed by atoms with Crippen LogP contribution in [0.5, 0.6) is 0 Å². The molecule has 0 saturated carbocycles. The zero-order chi connectivity index (χ0) is 38.3. The van der Waals surface area contributed by atoms with Gasteiger partial charge in [0.25, 0.3) is 0 Å². The van der Waals surface area contributed by atoms with Crippen LogP contribution in [0.2, 0.25) is 26.6 Å². The largest absolute Gasteiger partial charge is 0.127 e. The van der Waals surface area contributed by atoms with Crippen molar-refractivity contribution in [2.45, 2.75) is 173 Å². The summed E-state index contributed by atoms with van der Waals surface area (Å²) >= 11 is 10.5. The van der Waals surface area contributed by atoms with Crippen LogP contribution in [0.15, 0.2) is 31.8 Å². The van der Waals surface area contributed by atoms with Gasteiger partial charge in [-0.05, 0) is 69.0 Å². The first-order valence-electron chi connectivity index (χ1n) is 20.7. The van der Waals surface area contributed by atoms with Crippen molar-refractivity contribution in [1.82, 2.24) is 0 Å². The van der Waals surface area contributed by atoms with Gasteiger partial charge in [-0.15, -0.1) is 22.7 Å². The number of aryl methyl sites for hydroxylation is 4. The van der Waals surface area contributed by atoms with Crippen LogP contribution in [0.3, 0.4) is 0 Å². The van der Waals surface area contributed by atoms with Gasteiger partial charge in [-0.3, -0.25) is 0 Å². The molecule has 8 heteroatoms. The Morgan fingerprint density at radius 3 is 0.827 bits per heavy atom. The van der Waals surface area contributed by atoms with Gasteiger partial charge in [-0.1, -0.05) is 0 Å². The van der Waals surface area contributed by atoms with E-state index in [0.29, 0.717) is 0 Å². The van der Waals surface area contributed by atoms with E-state index in [4.69, 9.17) is 0 Å². The Hall–Kier alpha value is 1.36. The normalized spacial score (nSPS) is 12.1. The van der Waals surface area contributed by atoms with Gasteiger partial charge in [-0.25, -0.2) is 0 Å². The summed E-state index contributed by atoms with van der Waals surface area (Å²) < 4.78 is 15.8. The third-order valence-corrected chi connectivity index (χ3v) is 53.8. The fraction of sp³-hybridized carbons (Fsp3) is 0.636. The second kappa shape index (κ2) is 24.3. The van der Waals surface area contributed by atoms with Gasteiger partial charge in [0.15, 0.2) is 0 Å². The van der Waals surface area contributed by atoms with Gasteiger partial charge in [0.05, 0.1) is 7.57 Å². The molecule has 0 aromatic carbocycles. The molecule has 0 nitrogen and oxygen atoms in total. The van der Waals surface area contributed by atoms with E-state index in [1.165, 1.54) is 106 Å². The first-order valence-corrected chi connectivity index (χ1v) is 40.5. The first kappa shape index (κ1) is 47.7. The van der Waals surface area contributed by atoms with Gasteiger partial charge in [-0.2, -0.15) is 0 Å². The topological polar surface area (TPSA) is 0 Å². The second-order valence-electron chi connectivity index (χ2n) is 15.6. The monoisotopic (exact) mass is 1120 g/mol. The summed E-state index contributed by atoms with van der Waals surface area (Å²) in [5.41, 5.74) is 5.89. The second-order valence-corrected chi connectivity index (χ2v) is 50.8. The Morgan fingerprint density at radius 1 is 0.385 bits per heavy atom. The van der Waals surface area contributed by atoms with Crippen LogP contribution in [-0.4, -0.2) is 36.8 Å². The predicted molar refractivity (Wildman–Crippen MR) is 259 cm³/mol. The SMILES string of the molecule is CCC[CH2][Sn]([CH2]CCC)([CH2]CCC)[c]1cc(C)c(-c2s[c]([Sn]([CH2]CCC)([CH2]CCC)[CH2]CCC)cc2C)s1.Cc1cc(Br)sc1-c1sc(Br)cc1C. The minimum absolute atomic E-state index is 1.20. The van der Waals surface area contributed by atoms with Gasteiger partial charge in [0.2, 0.25) is 0 Å². The molecule has 0 aliphatic heterocycles. The summed E-state index contributed by atoms with van der Waals surface area (Å²) in [4.78, 5) is 6.09. The summed E-state index contributed by atoms with van der Waals surface area (Å²) in [6, 6.07) is 9.81. The summed E-state index contributed by atoms with van der Waals surface area (Å²) in [6.07, 6.45) is 16.9. The average molecular weight is 1120 g/mol. The predicted octanol–water partition coefficient (Wildman–Crippen LogP) is 17.8. The summed E-state index contributed by atoms with van der Waals surface area (Å²) in [7, 11) is 0. The third-order valence-electron chi connectivity index (χ3n) is 11.1. The van der Waals surface area contributed by atoms with Crippen molar-refractivity contribution in [3.63, 3.8) is 0 Å². The van der Waals surface area contributed by atoms with Crippen molar-refractivity contribution in [1.29, 1.82) is 0 Å². The van der Waals surface area contributed by atoms with Crippen molar-refractivity contribution < 1.29 is 0 Å². The van der Waals surface area contributed by atoms with Crippen LogP contribution in [0.25, 0.3) is 19.5 Å². The number of halogens is 2. The number of thiophene rings is 4. The molecule has 0 atom stereocenters. The number of unbranched alkanes of at least 4 members (excludes halogenated alkanes) is 6.